The highest BCUT2D eigenvalue weighted by Crippen LogP contribution is 2.12. The van der Waals surface area contributed by atoms with Gasteiger partial charge in [0.25, 0.3) is 0 Å². The molecule has 1 aromatic carbocycles. The molecular formula is C12H21NO2. The van der Waals surface area contributed by atoms with E-state index in [1.165, 1.54) is 12.0 Å². The van der Waals surface area contributed by atoms with Gasteiger partial charge in [0.1, 0.15) is 12.4 Å². The van der Waals surface area contributed by atoms with Gasteiger partial charge >= 0.3 is 0 Å². The summed E-state index contributed by atoms with van der Waals surface area (Å²) in [7, 11) is 1.67. The van der Waals surface area contributed by atoms with Gasteiger partial charge in [-0.15, -0.1) is 0 Å². The zero-order valence-electron chi connectivity index (χ0n) is 9.66. The van der Waals surface area contributed by atoms with Crippen molar-refractivity contribution in [1.29, 1.82) is 0 Å². The average Bonchev–Trinajstić information content (AvgIpc) is 2.21. The minimum Gasteiger partial charge on any atom is -0.491 e. The molecule has 0 aliphatic rings. The standard InChI is InChI=1S/C12H18O2.H3N/c1-3-4-11-5-7-12(8-6-11)14-10-9-13-2;/h5-8H,3-4,9-10H2,1-2H3;1H3. The van der Waals surface area contributed by atoms with E-state index in [2.05, 4.69) is 19.1 Å². The summed E-state index contributed by atoms with van der Waals surface area (Å²) in [6.45, 7) is 3.43. The van der Waals surface area contributed by atoms with Crippen molar-refractivity contribution >= 4 is 0 Å². The molecule has 0 aromatic heterocycles. The molecule has 0 bridgehead atoms. The summed E-state index contributed by atoms with van der Waals surface area (Å²) in [5, 5.41) is 0. The van der Waals surface area contributed by atoms with E-state index in [0.717, 1.165) is 12.2 Å². The quantitative estimate of drug-likeness (QED) is 0.736. The monoisotopic (exact) mass is 211 g/mol. The fourth-order valence-electron chi connectivity index (χ4n) is 1.28. The molecule has 0 aliphatic heterocycles. The van der Waals surface area contributed by atoms with Gasteiger partial charge in [-0.25, -0.2) is 0 Å². The molecule has 1 rings (SSSR count). The summed E-state index contributed by atoms with van der Waals surface area (Å²) in [5.74, 6) is 0.918. The van der Waals surface area contributed by atoms with Crippen LogP contribution in [-0.4, -0.2) is 20.3 Å². The summed E-state index contributed by atoms with van der Waals surface area (Å²) in [6, 6.07) is 8.26. The molecule has 0 spiro atoms. The number of methoxy groups -OCH3 is 1. The average molecular weight is 211 g/mol. The molecule has 15 heavy (non-hydrogen) atoms. The van der Waals surface area contributed by atoms with E-state index in [-0.39, 0.29) is 6.15 Å². The van der Waals surface area contributed by atoms with Crippen LogP contribution in [0.2, 0.25) is 0 Å². The van der Waals surface area contributed by atoms with E-state index in [0.29, 0.717) is 13.2 Å². The Kier molecular flexibility index (Phi) is 7.68. The minimum absolute atomic E-state index is 0. The first-order chi connectivity index (χ1) is 6.86. The topological polar surface area (TPSA) is 53.5 Å². The lowest BCUT2D eigenvalue weighted by Crippen LogP contribution is -2.04. The second-order valence-electron chi connectivity index (χ2n) is 3.24. The molecule has 0 heterocycles. The van der Waals surface area contributed by atoms with E-state index in [9.17, 15) is 0 Å². The fraction of sp³-hybridized carbons (Fsp3) is 0.500. The van der Waals surface area contributed by atoms with Crippen LogP contribution in [0.5, 0.6) is 5.75 Å². The summed E-state index contributed by atoms with van der Waals surface area (Å²) < 4.78 is 10.4. The zero-order chi connectivity index (χ0) is 10.2. The maximum atomic E-state index is 5.45. The number of hydrogen-bond donors (Lipinski definition) is 1. The van der Waals surface area contributed by atoms with Crippen LogP contribution < -0.4 is 10.9 Å². The van der Waals surface area contributed by atoms with Gasteiger partial charge in [0.05, 0.1) is 6.61 Å². The van der Waals surface area contributed by atoms with Crippen LogP contribution in [0.3, 0.4) is 0 Å². The van der Waals surface area contributed by atoms with Crippen LogP contribution in [0.1, 0.15) is 18.9 Å². The summed E-state index contributed by atoms with van der Waals surface area (Å²) in [5.41, 5.74) is 1.37. The molecule has 0 fully saturated rings. The van der Waals surface area contributed by atoms with E-state index in [1.807, 2.05) is 12.1 Å². The number of rotatable bonds is 6. The first-order valence-electron chi connectivity index (χ1n) is 5.07. The summed E-state index contributed by atoms with van der Waals surface area (Å²) in [4.78, 5) is 0. The van der Waals surface area contributed by atoms with Gasteiger partial charge in [-0.2, -0.15) is 0 Å². The highest BCUT2D eigenvalue weighted by molar-refractivity contribution is 5.27. The molecule has 0 saturated heterocycles. The maximum absolute atomic E-state index is 5.45. The van der Waals surface area contributed by atoms with Crippen LogP contribution in [-0.2, 0) is 11.2 Å². The third kappa shape index (κ3) is 5.40. The van der Waals surface area contributed by atoms with E-state index in [4.69, 9.17) is 9.47 Å². The van der Waals surface area contributed by atoms with Gasteiger partial charge in [0.2, 0.25) is 0 Å². The molecule has 86 valence electrons. The molecular weight excluding hydrogens is 190 g/mol. The summed E-state index contributed by atoms with van der Waals surface area (Å²) >= 11 is 0. The molecule has 0 radical (unpaired) electrons. The number of aryl methyl sites for hydroxylation is 1. The Labute approximate surface area is 92.0 Å². The molecule has 0 atom stereocenters. The van der Waals surface area contributed by atoms with Gasteiger partial charge in [-0.1, -0.05) is 25.5 Å². The Morgan fingerprint density at radius 2 is 1.73 bits per heavy atom. The predicted molar refractivity (Wildman–Crippen MR) is 62.8 cm³/mol. The lowest BCUT2D eigenvalue weighted by molar-refractivity contribution is 0.146. The summed E-state index contributed by atoms with van der Waals surface area (Å²) in [6.07, 6.45) is 2.32. The molecule has 0 saturated carbocycles. The molecule has 0 unspecified atom stereocenters. The van der Waals surface area contributed by atoms with E-state index >= 15 is 0 Å². The number of hydrogen-bond acceptors (Lipinski definition) is 3. The third-order valence-corrected chi connectivity index (χ3v) is 2.02. The van der Waals surface area contributed by atoms with Crippen molar-refractivity contribution in [2.45, 2.75) is 19.8 Å². The van der Waals surface area contributed by atoms with Gasteiger partial charge in [0.15, 0.2) is 0 Å². The third-order valence-electron chi connectivity index (χ3n) is 2.02. The van der Waals surface area contributed by atoms with Crippen molar-refractivity contribution in [1.82, 2.24) is 6.15 Å². The van der Waals surface area contributed by atoms with Crippen molar-refractivity contribution in [3.63, 3.8) is 0 Å². The highest BCUT2D eigenvalue weighted by Gasteiger charge is 1.94. The van der Waals surface area contributed by atoms with Crippen LogP contribution in [0, 0.1) is 0 Å². The smallest absolute Gasteiger partial charge is 0.119 e. The Bertz CT molecular complexity index is 246. The van der Waals surface area contributed by atoms with Crippen LogP contribution in [0.15, 0.2) is 24.3 Å². The normalized spacial score (nSPS) is 9.47. The maximum Gasteiger partial charge on any atom is 0.119 e. The predicted octanol–water partition coefficient (Wildman–Crippen LogP) is 2.83. The Hall–Kier alpha value is -1.06. The Morgan fingerprint density at radius 3 is 2.27 bits per heavy atom. The van der Waals surface area contributed by atoms with Gasteiger partial charge in [0, 0.05) is 7.11 Å². The number of benzene rings is 1. The first kappa shape index (κ1) is 13.9. The molecule has 3 heteroatoms. The second-order valence-corrected chi connectivity index (χ2v) is 3.24. The van der Waals surface area contributed by atoms with Crippen LogP contribution in [0.25, 0.3) is 0 Å². The Balaban J connectivity index is 0.00000196. The van der Waals surface area contributed by atoms with Gasteiger partial charge in [-0.3, -0.25) is 0 Å². The largest absolute Gasteiger partial charge is 0.491 e. The van der Waals surface area contributed by atoms with Crippen molar-refractivity contribution in [3.05, 3.63) is 29.8 Å². The van der Waals surface area contributed by atoms with Crippen molar-refractivity contribution in [2.75, 3.05) is 20.3 Å². The Morgan fingerprint density at radius 1 is 1.07 bits per heavy atom. The van der Waals surface area contributed by atoms with E-state index < -0.39 is 0 Å². The fourth-order valence-corrected chi connectivity index (χ4v) is 1.28. The van der Waals surface area contributed by atoms with Crippen LogP contribution in [0.4, 0.5) is 0 Å². The SMILES string of the molecule is CCCc1ccc(OCCOC)cc1.N. The van der Waals surface area contributed by atoms with Crippen LogP contribution >= 0.6 is 0 Å². The zero-order valence-corrected chi connectivity index (χ0v) is 9.66. The lowest BCUT2D eigenvalue weighted by atomic mass is 10.1. The van der Waals surface area contributed by atoms with Crippen molar-refractivity contribution in [2.24, 2.45) is 0 Å². The molecule has 0 amide bonds. The van der Waals surface area contributed by atoms with E-state index in [1.54, 1.807) is 7.11 Å². The lowest BCUT2D eigenvalue weighted by Gasteiger charge is -2.05. The number of ether oxygens (including phenoxy) is 2. The second kappa shape index (κ2) is 8.26. The first-order valence-corrected chi connectivity index (χ1v) is 5.07. The molecule has 1 aromatic rings. The van der Waals surface area contributed by atoms with Crippen molar-refractivity contribution < 1.29 is 9.47 Å². The minimum atomic E-state index is 0. The molecule has 3 N–H and O–H groups in total. The van der Waals surface area contributed by atoms with Gasteiger partial charge < -0.3 is 15.6 Å². The molecule has 0 aliphatic carbocycles. The van der Waals surface area contributed by atoms with Gasteiger partial charge in [-0.05, 0) is 24.1 Å². The van der Waals surface area contributed by atoms with Crippen molar-refractivity contribution in [3.8, 4) is 5.75 Å². The highest BCUT2D eigenvalue weighted by atomic mass is 16.5. The molecule has 3 nitrogen and oxygen atoms in total.